The number of sulfonamides is 1. The molecule has 2 aliphatic rings. The highest BCUT2D eigenvalue weighted by atomic mass is 32.2. The summed E-state index contributed by atoms with van der Waals surface area (Å²) in [6.45, 7) is 2.01. The third-order valence-electron chi connectivity index (χ3n) is 4.94. The molecule has 2 N–H and O–H groups in total. The zero-order chi connectivity index (χ0) is 18.0. The Hall–Kier alpha value is -1.45. The Balaban J connectivity index is 1.57. The summed E-state index contributed by atoms with van der Waals surface area (Å²) >= 11 is 0.948. The average molecular weight is 386 g/mol. The Kier molecular flexibility index (Phi) is 5.45. The van der Waals surface area contributed by atoms with Crippen molar-refractivity contribution in [1.29, 1.82) is 0 Å². The molecule has 0 bridgehead atoms. The summed E-state index contributed by atoms with van der Waals surface area (Å²) in [7, 11) is -3.78. The van der Waals surface area contributed by atoms with E-state index in [1.807, 2.05) is 4.90 Å². The fraction of sp³-hybridized carbons (Fsp3) is 0.625. The summed E-state index contributed by atoms with van der Waals surface area (Å²) in [5, 5.41) is 6.60. The first-order valence-electron chi connectivity index (χ1n) is 8.55. The Labute approximate surface area is 151 Å². The predicted molar refractivity (Wildman–Crippen MR) is 94.8 cm³/mol. The Morgan fingerprint density at radius 2 is 1.64 bits per heavy atom. The average Bonchev–Trinajstić information content (AvgIpc) is 3.12. The van der Waals surface area contributed by atoms with Crippen LogP contribution in [0.4, 0.5) is 0 Å². The van der Waals surface area contributed by atoms with Gasteiger partial charge in [0.05, 0.1) is 5.56 Å². The molecule has 1 saturated heterocycles. The first-order chi connectivity index (χ1) is 11.9. The molecule has 138 valence electrons. The molecule has 9 heteroatoms. The predicted octanol–water partition coefficient (Wildman–Crippen LogP) is 1.26. The number of hydrogen-bond donors (Lipinski definition) is 1. The number of carbonyl (C=O) groups excluding carboxylic acids is 2. The van der Waals surface area contributed by atoms with Crippen molar-refractivity contribution in [2.75, 3.05) is 26.2 Å². The van der Waals surface area contributed by atoms with Crippen LogP contribution in [-0.4, -0.2) is 56.2 Å². The van der Waals surface area contributed by atoms with E-state index in [1.54, 1.807) is 4.90 Å². The van der Waals surface area contributed by atoms with E-state index in [9.17, 15) is 18.0 Å². The monoisotopic (exact) mass is 385 g/mol. The second-order valence-electron chi connectivity index (χ2n) is 6.65. The molecule has 3 rings (SSSR count). The third-order valence-corrected chi connectivity index (χ3v) is 7.32. The van der Waals surface area contributed by atoms with Gasteiger partial charge in [-0.05, 0) is 18.9 Å². The Morgan fingerprint density at radius 1 is 1.04 bits per heavy atom. The number of rotatable bonds is 3. The van der Waals surface area contributed by atoms with E-state index in [4.69, 9.17) is 5.14 Å². The minimum absolute atomic E-state index is 0.0121. The molecule has 1 saturated carbocycles. The van der Waals surface area contributed by atoms with Gasteiger partial charge in [0, 0.05) is 37.5 Å². The van der Waals surface area contributed by atoms with E-state index in [1.165, 1.54) is 17.9 Å². The van der Waals surface area contributed by atoms with Gasteiger partial charge >= 0.3 is 0 Å². The van der Waals surface area contributed by atoms with Gasteiger partial charge in [0.2, 0.25) is 15.9 Å². The number of nitrogens with two attached hydrogens (primary N) is 1. The molecule has 2 heterocycles. The summed E-state index contributed by atoms with van der Waals surface area (Å²) < 4.78 is 22.7. The summed E-state index contributed by atoms with van der Waals surface area (Å²) in [6.07, 6.45) is 5.42. The maximum atomic E-state index is 12.6. The van der Waals surface area contributed by atoms with Crippen molar-refractivity contribution in [2.24, 2.45) is 11.1 Å². The molecule has 1 aromatic heterocycles. The van der Waals surface area contributed by atoms with Crippen LogP contribution in [0, 0.1) is 5.92 Å². The van der Waals surface area contributed by atoms with Gasteiger partial charge in [-0.25, -0.2) is 13.6 Å². The second kappa shape index (κ2) is 7.43. The molecule has 7 nitrogen and oxygen atoms in total. The van der Waals surface area contributed by atoms with Gasteiger partial charge in [-0.1, -0.05) is 19.3 Å². The number of thiophene rings is 1. The zero-order valence-corrected chi connectivity index (χ0v) is 15.7. The van der Waals surface area contributed by atoms with Crippen LogP contribution in [0.25, 0.3) is 0 Å². The lowest BCUT2D eigenvalue weighted by molar-refractivity contribution is -0.138. The van der Waals surface area contributed by atoms with Crippen LogP contribution in [-0.2, 0) is 14.8 Å². The largest absolute Gasteiger partial charge is 0.339 e. The number of primary sulfonamides is 1. The van der Waals surface area contributed by atoms with Gasteiger partial charge in [-0.3, -0.25) is 9.59 Å². The van der Waals surface area contributed by atoms with E-state index in [0.717, 1.165) is 37.0 Å². The van der Waals surface area contributed by atoms with Gasteiger partial charge in [-0.15, -0.1) is 11.3 Å². The summed E-state index contributed by atoms with van der Waals surface area (Å²) in [4.78, 5) is 28.6. The van der Waals surface area contributed by atoms with E-state index < -0.39 is 10.0 Å². The van der Waals surface area contributed by atoms with Crippen molar-refractivity contribution in [2.45, 2.75) is 36.3 Å². The molecule has 2 amide bonds. The highest BCUT2D eigenvalue weighted by molar-refractivity contribution is 7.91. The molecule has 0 unspecified atom stereocenters. The van der Waals surface area contributed by atoms with E-state index in [2.05, 4.69) is 0 Å². The highest BCUT2D eigenvalue weighted by Gasteiger charge is 2.30. The van der Waals surface area contributed by atoms with Gasteiger partial charge in [0.15, 0.2) is 0 Å². The van der Waals surface area contributed by atoms with E-state index in [-0.39, 0.29) is 21.9 Å². The molecule has 1 aromatic rings. The SMILES string of the molecule is NS(=O)(=O)c1cc(C(=O)N2CCN(C(=O)C3CCCCC3)CC2)cs1. The minimum atomic E-state index is -3.78. The topological polar surface area (TPSA) is 101 Å². The van der Waals surface area contributed by atoms with E-state index >= 15 is 0 Å². The van der Waals surface area contributed by atoms with E-state index in [0.29, 0.717) is 31.7 Å². The summed E-state index contributed by atoms with van der Waals surface area (Å²) in [5.74, 6) is 0.153. The number of piperazine rings is 1. The smallest absolute Gasteiger partial charge is 0.254 e. The van der Waals surface area contributed by atoms with Gasteiger partial charge in [-0.2, -0.15) is 0 Å². The van der Waals surface area contributed by atoms with Crippen molar-refractivity contribution in [3.8, 4) is 0 Å². The number of carbonyl (C=O) groups is 2. The normalized spacial score (nSPS) is 19.9. The molecule has 1 aliphatic heterocycles. The zero-order valence-electron chi connectivity index (χ0n) is 14.0. The summed E-state index contributed by atoms with van der Waals surface area (Å²) in [5.41, 5.74) is 0.334. The van der Waals surface area contributed by atoms with Crippen LogP contribution in [0.3, 0.4) is 0 Å². The van der Waals surface area contributed by atoms with Gasteiger partial charge in [0.25, 0.3) is 5.91 Å². The first kappa shape index (κ1) is 18.3. The standard InChI is InChI=1S/C16H23N3O4S2/c17-25(22,23)14-10-13(11-24-14)16(21)19-8-6-18(7-9-19)15(20)12-4-2-1-3-5-12/h10-12H,1-9H2,(H2,17,22,23). The molecule has 0 spiro atoms. The fourth-order valence-electron chi connectivity index (χ4n) is 3.50. The molecule has 1 aliphatic carbocycles. The molecular formula is C16H23N3O4S2. The Morgan fingerprint density at radius 3 is 2.20 bits per heavy atom. The van der Waals surface area contributed by atoms with Crippen molar-refractivity contribution in [3.05, 3.63) is 17.0 Å². The quantitative estimate of drug-likeness (QED) is 0.846. The van der Waals surface area contributed by atoms with Crippen LogP contribution >= 0.6 is 11.3 Å². The van der Waals surface area contributed by atoms with Crippen molar-refractivity contribution in [1.82, 2.24) is 9.80 Å². The van der Waals surface area contributed by atoms with Crippen molar-refractivity contribution >= 4 is 33.2 Å². The fourth-order valence-corrected chi connectivity index (χ4v) is 5.08. The summed E-state index contributed by atoms with van der Waals surface area (Å²) in [6, 6.07) is 1.32. The minimum Gasteiger partial charge on any atom is -0.339 e. The van der Waals surface area contributed by atoms with Crippen LogP contribution in [0.15, 0.2) is 15.7 Å². The van der Waals surface area contributed by atoms with Crippen LogP contribution in [0.1, 0.15) is 42.5 Å². The van der Waals surface area contributed by atoms with Crippen LogP contribution in [0.2, 0.25) is 0 Å². The number of hydrogen-bond acceptors (Lipinski definition) is 5. The van der Waals surface area contributed by atoms with Crippen molar-refractivity contribution in [3.63, 3.8) is 0 Å². The lowest BCUT2D eigenvalue weighted by atomic mass is 9.88. The number of nitrogens with zero attached hydrogens (tertiary/aromatic N) is 2. The first-order valence-corrected chi connectivity index (χ1v) is 11.0. The second-order valence-corrected chi connectivity index (χ2v) is 9.35. The molecular weight excluding hydrogens is 362 g/mol. The molecule has 25 heavy (non-hydrogen) atoms. The Bertz CT molecular complexity index is 745. The van der Waals surface area contributed by atoms with Gasteiger partial charge < -0.3 is 9.80 Å². The van der Waals surface area contributed by atoms with Crippen LogP contribution in [0.5, 0.6) is 0 Å². The maximum Gasteiger partial charge on any atom is 0.254 e. The maximum absolute atomic E-state index is 12.6. The van der Waals surface area contributed by atoms with Crippen LogP contribution < -0.4 is 5.14 Å². The lowest BCUT2D eigenvalue weighted by Gasteiger charge is -2.37. The highest BCUT2D eigenvalue weighted by Crippen LogP contribution is 2.26. The molecule has 0 radical (unpaired) electrons. The lowest BCUT2D eigenvalue weighted by Crippen LogP contribution is -2.52. The molecule has 0 aromatic carbocycles. The molecule has 2 fully saturated rings. The third kappa shape index (κ3) is 4.21. The van der Waals surface area contributed by atoms with Crippen molar-refractivity contribution < 1.29 is 18.0 Å². The van der Waals surface area contributed by atoms with Gasteiger partial charge in [0.1, 0.15) is 4.21 Å². The molecule has 0 atom stereocenters. The number of amides is 2.